The van der Waals surface area contributed by atoms with Crippen LogP contribution in [0.15, 0.2) is 71.5 Å². The summed E-state index contributed by atoms with van der Waals surface area (Å²) in [7, 11) is 1.52. The smallest absolute Gasteiger partial charge is 0.322 e. The van der Waals surface area contributed by atoms with Gasteiger partial charge in [-0.3, -0.25) is 9.36 Å². The summed E-state index contributed by atoms with van der Waals surface area (Å²) in [6.07, 6.45) is 1.89. The van der Waals surface area contributed by atoms with Crippen molar-refractivity contribution in [3.05, 3.63) is 94.5 Å². The summed E-state index contributed by atoms with van der Waals surface area (Å²) in [5, 5.41) is 3.00. The van der Waals surface area contributed by atoms with Crippen LogP contribution in [-0.2, 0) is 0 Å². The Morgan fingerprint density at radius 2 is 1.82 bits per heavy atom. The third-order valence-electron chi connectivity index (χ3n) is 6.37. The van der Waals surface area contributed by atoms with Crippen LogP contribution in [0.25, 0.3) is 16.6 Å². The van der Waals surface area contributed by atoms with E-state index in [4.69, 9.17) is 9.72 Å². The number of ether oxygens (including phenoxy) is 1. The minimum absolute atomic E-state index is 0.138. The number of halogens is 2. The average molecular weight is 521 g/mol. The van der Waals surface area contributed by atoms with E-state index in [0.717, 1.165) is 12.5 Å². The van der Waals surface area contributed by atoms with Gasteiger partial charge in [0, 0.05) is 12.6 Å². The van der Waals surface area contributed by atoms with Crippen molar-refractivity contribution in [1.29, 1.82) is 0 Å². The Kier molecular flexibility index (Phi) is 8.35. The van der Waals surface area contributed by atoms with Crippen LogP contribution >= 0.6 is 0 Å². The van der Waals surface area contributed by atoms with Crippen LogP contribution in [0.5, 0.6) is 5.75 Å². The Morgan fingerprint density at radius 3 is 2.53 bits per heavy atom. The molecule has 4 rings (SSSR count). The zero-order chi connectivity index (χ0) is 27.2. The first-order valence-electron chi connectivity index (χ1n) is 12.6. The molecule has 0 saturated carbocycles. The molecule has 0 aliphatic rings. The number of nitrogens with zero attached hydrogens (tertiary/aromatic N) is 3. The number of nitrogens with one attached hydrogen (secondary N) is 1. The third kappa shape index (κ3) is 5.37. The van der Waals surface area contributed by atoms with Crippen LogP contribution in [0.2, 0.25) is 0 Å². The van der Waals surface area contributed by atoms with E-state index in [1.165, 1.54) is 17.7 Å². The molecule has 9 heteroatoms. The zero-order valence-corrected chi connectivity index (χ0v) is 21.6. The number of para-hydroxylation sites is 3. The van der Waals surface area contributed by atoms with Gasteiger partial charge in [0.2, 0.25) is 0 Å². The van der Waals surface area contributed by atoms with Crippen LogP contribution in [0.1, 0.15) is 45.0 Å². The topological polar surface area (TPSA) is 76.5 Å². The predicted molar refractivity (Wildman–Crippen MR) is 144 cm³/mol. The second-order valence-electron chi connectivity index (χ2n) is 8.82. The van der Waals surface area contributed by atoms with Crippen molar-refractivity contribution in [1.82, 2.24) is 14.5 Å². The molecule has 1 N–H and O–H groups in total. The fourth-order valence-corrected chi connectivity index (χ4v) is 4.47. The van der Waals surface area contributed by atoms with Crippen LogP contribution < -0.4 is 15.6 Å². The Labute approximate surface area is 219 Å². The highest BCUT2D eigenvalue weighted by atomic mass is 19.1. The van der Waals surface area contributed by atoms with Gasteiger partial charge in [-0.15, -0.1) is 0 Å². The number of amides is 2. The molecule has 1 unspecified atom stereocenters. The van der Waals surface area contributed by atoms with Gasteiger partial charge in [-0.1, -0.05) is 44.5 Å². The molecular weight excluding hydrogens is 490 g/mol. The lowest BCUT2D eigenvalue weighted by Gasteiger charge is -2.32. The van der Waals surface area contributed by atoms with Gasteiger partial charge < -0.3 is 15.0 Å². The number of hydrogen-bond donors (Lipinski definition) is 1. The standard InChI is InChI=1S/C29H30F2N4O3/c1-4-6-17-34(29(37)33-23-16-15-19(30)18-21(23)31)24(5-2)27-32-22-12-8-7-11-20(22)28(36)35(27)25-13-9-10-14-26(25)38-3/h7-16,18,24H,4-6,17H2,1-3H3,(H,33,37). The van der Waals surface area contributed by atoms with Gasteiger partial charge in [0.1, 0.15) is 23.2 Å². The van der Waals surface area contributed by atoms with Crippen molar-refractivity contribution in [3.63, 3.8) is 0 Å². The number of aromatic nitrogens is 2. The predicted octanol–water partition coefficient (Wildman–Crippen LogP) is 6.46. The number of carbonyl (C=O) groups is 1. The highest BCUT2D eigenvalue weighted by molar-refractivity contribution is 5.89. The summed E-state index contributed by atoms with van der Waals surface area (Å²) in [4.78, 5) is 33.9. The monoisotopic (exact) mass is 520 g/mol. The fraction of sp³-hybridized carbons (Fsp3) is 0.276. The molecule has 0 fully saturated rings. The van der Waals surface area contributed by atoms with Crippen LogP contribution in [0.3, 0.4) is 0 Å². The molecule has 0 bridgehead atoms. The third-order valence-corrected chi connectivity index (χ3v) is 6.37. The molecule has 0 aliphatic heterocycles. The van der Waals surface area contributed by atoms with Crippen molar-refractivity contribution in [2.45, 2.75) is 39.2 Å². The van der Waals surface area contributed by atoms with E-state index in [0.29, 0.717) is 53.6 Å². The first-order chi connectivity index (χ1) is 18.4. The Hall–Kier alpha value is -4.27. The molecule has 4 aromatic rings. The Balaban J connectivity index is 1.89. The molecule has 1 aromatic heterocycles. The quantitative estimate of drug-likeness (QED) is 0.275. The molecule has 2 amide bonds. The van der Waals surface area contributed by atoms with E-state index in [-0.39, 0.29) is 11.2 Å². The molecule has 1 heterocycles. The van der Waals surface area contributed by atoms with Crippen LogP contribution in [0, 0.1) is 11.6 Å². The first-order valence-corrected chi connectivity index (χ1v) is 12.6. The lowest BCUT2D eigenvalue weighted by atomic mass is 10.1. The Morgan fingerprint density at radius 1 is 1.08 bits per heavy atom. The fourth-order valence-electron chi connectivity index (χ4n) is 4.47. The molecule has 0 spiro atoms. The van der Waals surface area contributed by atoms with Crippen molar-refractivity contribution in [2.75, 3.05) is 19.0 Å². The minimum Gasteiger partial charge on any atom is -0.495 e. The van der Waals surface area contributed by atoms with Crippen molar-refractivity contribution >= 4 is 22.6 Å². The van der Waals surface area contributed by atoms with E-state index >= 15 is 0 Å². The normalized spacial score (nSPS) is 11.8. The number of carbonyl (C=O) groups excluding carboxylic acids is 1. The van der Waals surface area contributed by atoms with Gasteiger partial charge >= 0.3 is 6.03 Å². The summed E-state index contributed by atoms with van der Waals surface area (Å²) in [6, 6.07) is 15.9. The lowest BCUT2D eigenvalue weighted by Crippen LogP contribution is -2.41. The van der Waals surface area contributed by atoms with E-state index < -0.39 is 23.7 Å². The van der Waals surface area contributed by atoms with Gasteiger partial charge in [0.15, 0.2) is 0 Å². The van der Waals surface area contributed by atoms with Crippen LogP contribution in [-0.4, -0.2) is 34.1 Å². The van der Waals surface area contributed by atoms with E-state index in [2.05, 4.69) is 5.32 Å². The number of rotatable bonds is 9. The largest absolute Gasteiger partial charge is 0.495 e. The average Bonchev–Trinajstić information content (AvgIpc) is 2.92. The molecule has 38 heavy (non-hydrogen) atoms. The molecule has 7 nitrogen and oxygen atoms in total. The number of hydrogen-bond acceptors (Lipinski definition) is 4. The maximum Gasteiger partial charge on any atom is 0.322 e. The molecule has 3 aromatic carbocycles. The SMILES string of the molecule is CCCCN(C(=O)Nc1ccc(F)cc1F)C(CC)c1nc2ccccc2c(=O)n1-c1ccccc1OC. The molecule has 1 atom stereocenters. The Bertz CT molecular complexity index is 1510. The number of fused-ring (bicyclic) bond motifs is 1. The van der Waals surface area contributed by atoms with Gasteiger partial charge in [-0.05, 0) is 49.2 Å². The van der Waals surface area contributed by atoms with E-state index in [9.17, 15) is 18.4 Å². The number of unbranched alkanes of at least 4 members (excludes halogenated alkanes) is 1. The van der Waals surface area contributed by atoms with Crippen molar-refractivity contribution < 1.29 is 18.3 Å². The summed E-state index contributed by atoms with van der Waals surface area (Å²) < 4.78 is 34.9. The number of benzene rings is 3. The summed E-state index contributed by atoms with van der Waals surface area (Å²) in [5.41, 5.74) is 0.556. The maximum absolute atomic E-state index is 14.4. The summed E-state index contributed by atoms with van der Waals surface area (Å²) in [6.45, 7) is 4.22. The minimum atomic E-state index is -0.878. The van der Waals surface area contributed by atoms with Crippen molar-refractivity contribution in [2.24, 2.45) is 0 Å². The molecule has 198 valence electrons. The highest BCUT2D eigenvalue weighted by Crippen LogP contribution is 2.30. The highest BCUT2D eigenvalue weighted by Gasteiger charge is 2.30. The zero-order valence-electron chi connectivity index (χ0n) is 21.6. The summed E-state index contributed by atoms with van der Waals surface area (Å²) >= 11 is 0. The number of methoxy groups -OCH3 is 1. The van der Waals surface area contributed by atoms with Gasteiger partial charge in [-0.2, -0.15) is 0 Å². The van der Waals surface area contributed by atoms with E-state index in [1.54, 1.807) is 53.4 Å². The van der Waals surface area contributed by atoms with Gasteiger partial charge in [0.05, 0.1) is 35.4 Å². The molecule has 0 radical (unpaired) electrons. The molecule has 0 aliphatic carbocycles. The second-order valence-corrected chi connectivity index (χ2v) is 8.82. The van der Waals surface area contributed by atoms with Crippen LogP contribution in [0.4, 0.5) is 19.3 Å². The maximum atomic E-state index is 14.4. The van der Waals surface area contributed by atoms with Gasteiger partial charge in [0.25, 0.3) is 5.56 Å². The number of anilines is 1. The first kappa shape index (κ1) is 26.8. The lowest BCUT2D eigenvalue weighted by molar-refractivity contribution is 0.180. The van der Waals surface area contributed by atoms with E-state index in [1.807, 2.05) is 13.8 Å². The second kappa shape index (κ2) is 11.9. The summed E-state index contributed by atoms with van der Waals surface area (Å²) in [5.74, 6) is -0.792. The molecular formula is C29H30F2N4O3. The van der Waals surface area contributed by atoms with Gasteiger partial charge in [-0.25, -0.2) is 18.6 Å². The molecule has 0 saturated heterocycles. The van der Waals surface area contributed by atoms with Crippen molar-refractivity contribution in [3.8, 4) is 11.4 Å². The number of urea groups is 1.